The molecule has 1 aliphatic carbocycles. The van der Waals surface area contributed by atoms with Crippen molar-refractivity contribution in [2.75, 3.05) is 12.3 Å². The number of rotatable bonds is 11. The average Bonchev–Trinajstić information content (AvgIpc) is 3.41. The third kappa shape index (κ3) is 7.41. The summed E-state index contributed by atoms with van der Waals surface area (Å²) in [6.07, 6.45) is 5.58. The first kappa shape index (κ1) is 28.2. The maximum Gasteiger partial charge on any atom is 0.323 e. The van der Waals surface area contributed by atoms with Gasteiger partial charge >= 0.3 is 5.97 Å². The summed E-state index contributed by atoms with van der Waals surface area (Å²) < 4.78 is 19.0. The maximum absolute atomic E-state index is 13.3. The first-order chi connectivity index (χ1) is 18.7. The van der Waals surface area contributed by atoms with Crippen molar-refractivity contribution in [2.45, 2.75) is 64.5 Å². The number of anilines is 1. The molecule has 0 saturated heterocycles. The number of nitrogens with one attached hydrogen (secondary N) is 2. The smallest absolute Gasteiger partial charge is 0.323 e. The number of hydrogen-bond acceptors (Lipinski definition) is 6. The highest BCUT2D eigenvalue weighted by molar-refractivity contribution is 6.12. The molecule has 8 heteroatoms. The van der Waals surface area contributed by atoms with Gasteiger partial charge in [0.15, 0.2) is 5.78 Å². The van der Waals surface area contributed by atoms with Gasteiger partial charge in [-0.05, 0) is 92.4 Å². The molecule has 2 aromatic carbocycles. The summed E-state index contributed by atoms with van der Waals surface area (Å²) in [5.41, 5.74) is 7.94. The topological polar surface area (TPSA) is 114 Å². The summed E-state index contributed by atoms with van der Waals surface area (Å²) in [6.45, 7) is 4.79. The highest BCUT2D eigenvalue weighted by Gasteiger charge is 2.26. The lowest BCUT2D eigenvalue weighted by Gasteiger charge is -2.21. The predicted octanol–water partition coefficient (Wildman–Crippen LogP) is 5.03. The fraction of sp³-hybridized carbons (Fsp3) is 0.387. The number of H-pyrrole nitrogens is 1. The van der Waals surface area contributed by atoms with E-state index in [1.807, 2.05) is 24.3 Å². The van der Waals surface area contributed by atoms with Crippen molar-refractivity contribution in [3.8, 4) is 11.1 Å². The minimum atomic E-state index is -0.448. The van der Waals surface area contributed by atoms with Crippen LogP contribution in [0.1, 0.15) is 67.4 Å². The normalized spacial score (nSPS) is 14.5. The summed E-state index contributed by atoms with van der Waals surface area (Å²) in [6, 6.07) is 13.8. The molecule has 4 N–H and O–H groups in total. The predicted molar refractivity (Wildman–Crippen MR) is 150 cm³/mol. The van der Waals surface area contributed by atoms with Gasteiger partial charge in [-0.15, -0.1) is 0 Å². The highest BCUT2D eigenvalue weighted by atomic mass is 19.1. The third-order valence-electron chi connectivity index (χ3n) is 7.07. The number of halogens is 1. The second kappa shape index (κ2) is 12.8. The molecule has 1 aliphatic rings. The molecule has 39 heavy (non-hydrogen) atoms. The molecular weight excluding hydrogens is 497 g/mol. The third-order valence-corrected chi connectivity index (χ3v) is 7.07. The van der Waals surface area contributed by atoms with Gasteiger partial charge in [-0.25, -0.2) is 4.39 Å². The van der Waals surface area contributed by atoms with E-state index in [9.17, 15) is 18.8 Å². The number of ether oxygens (including phenoxy) is 1. The van der Waals surface area contributed by atoms with Crippen molar-refractivity contribution in [1.82, 2.24) is 10.3 Å². The molecule has 1 fully saturated rings. The molecule has 0 radical (unpaired) electrons. The van der Waals surface area contributed by atoms with Crippen molar-refractivity contribution in [3.63, 3.8) is 0 Å². The van der Waals surface area contributed by atoms with Crippen LogP contribution in [0.5, 0.6) is 0 Å². The Labute approximate surface area is 228 Å². The van der Waals surface area contributed by atoms with Crippen LogP contribution in [0.15, 0.2) is 59.4 Å². The van der Waals surface area contributed by atoms with E-state index in [-0.39, 0.29) is 35.1 Å². The fourth-order valence-electron chi connectivity index (χ4n) is 4.93. The number of benzene rings is 2. The van der Waals surface area contributed by atoms with Crippen molar-refractivity contribution < 1.29 is 18.7 Å². The lowest BCUT2D eigenvalue weighted by Crippen LogP contribution is -2.41. The molecule has 0 bridgehead atoms. The van der Waals surface area contributed by atoms with Crippen molar-refractivity contribution in [2.24, 2.45) is 5.92 Å². The molecule has 1 saturated carbocycles. The van der Waals surface area contributed by atoms with E-state index in [0.717, 1.165) is 31.2 Å². The molecule has 1 atom stereocenters. The number of nitrogens with two attached hydrogens (primary N) is 1. The van der Waals surface area contributed by atoms with E-state index in [1.54, 1.807) is 0 Å². The zero-order valence-corrected chi connectivity index (χ0v) is 22.5. The number of hydrogen-bond donors (Lipinski definition) is 3. The number of ketones is 1. The van der Waals surface area contributed by atoms with Gasteiger partial charge < -0.3 is 20.8 Å². The first-order valence-corrected chi connectivity index (χ1v) is 13.6. The molecule has 0 aliphatic heterocycles. The molecular formula is C31H36FN3O4. The molecule has 4 rings (SSSR count). The molecule has 7 nitrogen and oxygen atoms in total. The molecule has 0 unspecified atom stereocenters. The van der Waals surface area contributed by atoms with Crippen LogP contribution in [0.4, 0.5) is 10.2 Å². The zero-order chi connectivity index (χ0) is 27.9. The van der Waals surface area contributed by atoms with Crippen LogP contribution in [0.2, 0.25) is 0 Å². The highest BCUT2D eigenvalue weighted by Crippen LogP contribution is 2.23. The van der Waals surface area contributed by atoms with E-state index in [4.69, 9.17) is 10.5 Å². The number of esters is 1. The zero-order valence-electron chi connectivity index (χ0n) is 22.5. The number of carbonyl (C=O) groups excluding carboxylic acids is 2. The Kier molecular flexibility index (Phi) is 9.30. The van der Waals surface area contributed by atoms with Crippen molar-refractivity contribution in [1.29, 1.82) is 0 Å². The Morgan fingerprint density at radius 1 is 1.08 bits per heavy atom. The van der Waals surface area contributed by atoms with Gasteiger partial charge in [0.1, 0.15) is 23.8 Å². The molecule has 0 amide bonds. The minimum absolute atomic E-state index is 0.0387. The van der Waals surface area contributed by atoms with E-state index >= 15 is 0 Å². The second-order valence-electron chi connectivity index (χ2n) is 10.6. The quantitative estimate of drug-likeness (QED) is 0.235. The molecule has 1 aromatic heterocycles. The van der Waals surface area contributed by atoms with E-state index in [1.165, 1.54) is 30.3 Å². The standard InChI is InChI=1S/C31H36FN3O4/c1-19(2)17-27(31(38)39-24-5-3-4-6-24)34-16-15-20-7-9-21(10-8-20)25-18-26(29(33)35-30(25)37)28(36)22-11-13-23(32)14-12-22/h7-14,18-19,24,27,34H,3-6,15-17H2,1-2H3,(H3,33,35,37)/t27-/m0/s1. The van der Waals surface area contributed by atoms with Gasteiger partial charge in [-0.1, -0.05) is 38.1 Å². The van der Waals surface area contributed by atoms with E-state index in [0.29, 0.717) is 36.4 Å². The van der Waals surface area contributed by atoms with Gasteiger partial charge in [0.25, 0.3) is 5.56 Å². The Morgan fingerprint density at radius 3 is 2.38 bits per heavy atom. The van der Waals surface area contributed by atoms with Crippen LogP contribution in [0.25, 0.3) is 11.1 Å². The average molecular weight is 534 g/mol. The molecule has 206 valence electrons. The van der Waals surface area contributed by atoms with Gasteiger partial charge in [0, 0.05) is 11.1 Å². The lowest BCUT2D eigenvalue weighted by atomic mass is 9.98. The minimum Gasteiger partial charge on any atom is -0.461 e. The Bertz CT molecular complexity index is 1340. The molecule has 1 heterocycles. The summed E-state index contributed by atoms with van der Waals surface area (Å²) in [7, 11) is 0. The van der Waals surface area contributed by atoms with Gasteiger partial charge in [-0.2, -0.15) is 0 Å². The number of aromatic nitrogens is 1. The SMILES string of the molecule is CC(C)C[C@H](NCCc1ccc(-c2cc(C(=O)c3ccc(F)cc3)c(N)[nH]c2=O)cc1)C(=O)OC1CCCC1. The fourth-order valence-corrected chi connectivity index (χ4v) is 4.93. The Hall–Kier alpha value is -3.78. The first-order valence-electron chi connectivity index (χ1n) is 13.6. The monoisotopic (exact) mass is 533 g/mol. The van der Waals surface area contributed by atoms with Crippen LogP contribution in [-0.2, 0) is 16.0 Å². The summed E-state index contributed by atoms with van der Waals surface area (Å²) in [4.78, 5) is 40.9. The summed E-state index contributed by atoms with van der Waals surface area (Å²) in [5, 5.41) is 3.37. The lowest BCUT2D eigenvalue weighted by molar-refractivity contribution is -0.151. The van der Waals surface area contributed by atoms with Gasteiger partial charge in [0.05, 0.1) is 5.56 Å². The van der Waals surface area contributed by atoms with Crippen LogP contribution < -0.4 is 16.6 Å². The number of carbonyl (C=O) groups is 2. The van der Waals surface area contributed by atoms with Crippen molar-refractivity contribution >= 4 is 17.6 Å². The van der Waals surface area contributed by atoms with Crippen LogP contribution in [-0.4, -0.2) is 35.4 Å². The van der Waals surface area contributed by atoms with E-state index in [2.05, 4.69) is 24.1 Å². The van der Waals surface area contributed by atoms with Crippen LogP contribution in [0.3, 0.4) is 0 Å². The Balaban J connectivity index is 1.42. The number of aromatic amines is 1. The Morgan fingerprint density at radius 2 is 1.74 bits per heavy atom. The second-order valence-corrected chi connectivity index (χ2v) is 10.6. The maximum atomic E-state index is 13.3. The summed E-state index contributed by atoms with van der Waals surface area (Å²) >= 11 is 0. The molecule has 3 aromatic rings. The summed E-state index contributed by atoms with van der Waals surface area (Å²) in [5.74, 6) is -0.704. The van der Waals surface area contributed by atoms with Gasteiger partial charge in [-0.3, -0.25) is 14.4 Å². The van der Waals surface area contributed by atoms with E-state index < -0.39 is 17.2 Å². The van der Waals surface area contributed by atoms with Gasteiger partial charge in [0.2, 0.25) is 0 Å². The number of nitrogen functional groups attached to an aromatic ring is 1. The van der Waals surface area contributed by atoms with Crippen molar-refractivity contribution in [3.05, 3.63) is 87.5 Å². The van der Waals surface area contributed by atoms with Crippen LogP contribution >= 0.6 is 0 Å². The number of pyridine rings is 1. The van der Waals surface area contributed by atoms with Crippen LogP contribution in [0, 0.1) is 11.7 Å². The largest absolute Gasteiger partial charge is 0.461 e. The molecule has 0 spiro atoms.